The zero-order chi connectivity index (χ0) is 15.2. The van der Waals surface area contributed by atoms with Crippen molar-refractivity contribution >= 4 is 11.6 Å². The smallest absolute Gasteiger partial charge is 0.238 e. The van der Waals surface area contributed by atoms with E-state index in [1.165, 1.54) is 12.8 Å². The molecule has 0 saturated heterocycles. The van der Waals surface area contributed by atoms with Gasteiger partial charge in [0.15, 0.2) is 0 Å². The molecule has 0 atom stereocenters. The summed E-state index contributed by atoms with van der Waals surface area (Å²) in [5, 5.41) is 11.8. The van der Waals surface area contributed by atoms with Gasteiger partial charge in [0.25, 0.3) is 0 Å². The van der Waals surface area contributed by atoms with Gasteiger partial charge in [0.2, 0.25) is 5.91 Å². The molecule has 1 amide bonds. The van der Waals surface area contributed by atoms with Crippen LogP contribution < -0.4 is 5.32 Å². The first-order valence-electron chi connectivity index (χ1n) is 7.62. The number of nitrogens with one attached hydrogen (secondary N) is 1. The Morgan fingerprint density at radius 3 is 2.86 bits per heavy atom. The number of carbonyl (C=O) groups excluding carboxylic acids is 1. The van der Waals surface area contributed by atoms with Crippen molar-refractivity contribution in [1.29, 1.82) is 5.26 Å². The molecule has 112 valence electrons. The minimum absolute atomic E-state index is 0.000691. The lowest BCUT2D eigenvalue weighted by molar-refractivity contribution is -0.117. The lowest BCUT2D eigenvalue weighted by Crippen LogP contribution is -2.36. The molecule has 21 heavy (non-hydrogen) atoms. The zero-order valence-electron chi connectivity index (χ0n) is 12.8. The molecular formula is C17H23N3O. The molecule has 0 unspecified atom stereocenters. The summed E-state index contributed by atoms with van der Waals surface area (Å²) in [7, 11) is 0. The molecule has 0 spiro atoms. The van der Waals surface area contributed by atoms with Crippen molar-refractivity contribution in [2.24, 2.45) is 5.92 Å². The highest BCUT2D eigenvalue weighted by Crippen LogP contribution is 2.27. The second kappa shape index (κ2) is 7.24. The molecule has 1 saturated carbocycles. The number of rotatable bonds is 7. The number of nitrogens with zero attached hydrogens (tertiary/aromatic N) is 2. The van der Waals surface area contributed by atoms with Gasteiger partial charge in [-0.2, -0.15) is 5.26 Å². The van der Waals surface area contributed by atoms with Gasteiger partial charge < -0.3 is 5.32 Å². The first-order chi connectivity index (χ1) is 10.1. The van der Waals surface area contributed by atoms with Crippen LogP contribution in [-0.2, 0) is 4.79 Å². The summed E-state index contributed by atoms with van der Waals surface area (Å²) >= 11 is 0. The molecule has 1 fully saturated rings. The van der Waals surface area contributed by atoms with Crippen LogP contribution in [0.15, 0.2) is 24.3 Å². The molecule has 0 aliphatic heterocycles. The molecule has 1 aliphatic rings. The number of carbonyl (C=O) groups is 1. The summed E-state index contributed by atoms with van der Waals surface area (Å²) in [4.78, 5) is 14.4. The molecule has 1 aromatic carbocycles. The second-order valence-corrected chi connectivity index (χ2v) is 6.12. The fourth-order valence-corrected chi connectivity index (χ4v) is 2.31. The molecule has 1 aromatic rings. The number of amides is 1. The SMILES string of the molecule is CC(C)CCN(CC(=O)Nc1cccc(C#N)c1)C1CC1. The molecular weight excluding hydrogens is 262 g/mol. The number of anilines is 1. The average Bonchev–Trinajstić information content (AvgIpc) is 3.28. The Bertz CT molecular complexity index is 529. The Morgan fingerprint density at radius 1 is 1.48 bits per heavy atom. The summed E-state index contributed by atoms with van der Waals surface area (Å²) in [5.41, 5.74) is 1.25. The highest BCUT2D eigenvalue weighted by atomic mass is 16.2. The number of nitriles is 1. The Hall–Kier alpha value is -1.86. The van der Waals surface area contributed by atoms with Crippen LogP contribution in [0.3, 0.4) is 0 Å². The molecule has 0 bridgehead atoms. The van der Waals surface area contributed by atoms with Crippen molar-refractivity contribution in [2.45, 2.75) is 39.2 Å². The predicted molar refractivity (Wildman–Crippen MR) is 83.8 cm³/mol. The topological polar surface area (TPSA) is 56.1 Å². The van der Waals surface area contributed by atoms with Gasteiger partial charge in [-0.05, 0) is 49.9 Å². The normalized spacial score (nSPS) is 14.2. The summed E-state index contributed by atoms with van der Waals surface area (Å²) in [6, 6.07) is 9.69. The number of benzene rings is 1. The summed E-state index contributed by atoms with van der Waals surface area (Å²) < 4.78 is 0. The zero-order valence-corrected chi connectivity index (χ0v) is 12.8. The van der Waals surface area contributed by atoms with Gasteiger partial charge in [0, 0.05) is 11.7 Å². The number of hydrogen-bond acceptors (Lipinski definition) is 3. The average molecular weight is 285 g/mol. The molecule has 0 radical (unpaired) electrons. The molecule has 0 aromatic heterocycles. The maximum atomic E-state index is 12.2. The van der Waals surface area contributed by atoms with Crippen molar-refractivity contribution in [1.82, 2.24) is 4.90 Å². The van der Waals surface area contributed by atoms with E-state index in [9.17, 15) is 4.79 Å². The summed E-state index contributed by atoms with van der Waals surface area (Å²) in [6.07, 6.45) is 3.53. The van der Waals surface area contributed by atoms with Gasteiger partial charge in [0.1, 0.15) is 0 Å². The van der Waals surface area contributed by atoms with Crippen molar-refractivity contribution in [3.8, 4) is 6.07 Å². The molecule has 2 rings (SSSR count). The minimum atomic E-state index is 0.000691. The van der Waals surface area contributed by atoms with E-state index in [0.717, 1.165) is 13.0 Å². The van der Waals surface area contributed by atoms with Gasteiger partial charge in [-0.3, -0.25) is 9.69 Å². The van der Waals surface area contributed by atoms with E-state index in [0.29, 0.717) is 29.8 Å². The lowest BCUT2D eigenvalue weighted by atomic mass is 10.1. The van der Waals surface area contributed by atoms with Crippen molar-refractivity contribution in [3.63, 3.8) is 0 Å². The van der Waals surface area contributed by atoms with Crippen LogP contribution in [0.2, 0.25) is 0 Å². The monoisotopic (exact) mass is 285 g/mol. The third kappa shape index (κ3) is 5.20. The molecule has 4 nitrogen and oxygen atoms in total. The largest absolute Gasteiger partial charge is 0.325 e. The van der Waals surface area contributed by atoms with Crippen LogP contribution in [0, 0.1) is 17.2 Å². The third-order valence-corrected chi connectivity index (χ3v) is 3.68. The van der Waals surface area contributed by atoms with E-state index < -0.39 is 0 Å². The van der Waals surface area contributed by atoms with Crippen LogP contribution >= 0.6 is 0 Å². The standard InChI is InChI=1S/C17H23N3O/c1-13(2)8-9-20(16-6-7-16)12-17(21)19-15-5-3-4-14(10-15)11-18/h3-5,10,13,16H,6-9,12H2,1-2H3,(H,19,21). The molecule has 0 heterocycles. The van der Waals surface area contributed by atoms with E-state index in [1.54, 1.807) is 18.2 Å². The summed E-state index contributed by atoms with van der Waals surface area (Å²) in [6.45, 7) is 5.83. The number of hydrogen-bond donors (Lipinski definition) is 1. The quantitative estimate of drug-likeness (QED) is 0.838. The van der Waals surface area contributed by atoms with Crippen LogP contribution in [0.1, 0.15) is 38.7 Å². The highest BCUT2D eigenvalue weighted by Gasteiger charge is 2.29. The highest BCUT2D eigenvalue weighted by molar-refractivity contribution is 5.92. The van der Waals surface area contributed by atoms with Crippen molar-refractivity contribution in [3.05, 3.63) is 29.8 Å². The molecule has 4 heteroatoms. The van der Waals surface area contributed by atoms with Gasteiger partial charge in [0.05, 0.1) is 18.2 Å². The van der Waals surface area contributed by atoms with E-state index in [1.807, 2.05) is 6.07 Å². The lowest BCUT2D eigenvalue weighted by Gasteiger charge is -2.22. The second-order valence-electron chi connectivity index (χ2n) is 6.12. The molecule has 1 N–H and O–H groups in total. The van der Waals surface area contributed by atoms with Crippen molar-refractivity contribution in [2.75, 3.05) is 18.4 Å². The van der Waals surface area contributed by atoms with Crippen LogP contribution in [0.4, 0.5) is 5.69 Å². The van der Waals surface area contributed by atoms with Gasteiger partial charge >= 0.3 is 0 Å². The van der Waals surface area contributed by atoms with E-state index >= 15 is 0 Å². The van der Waals surface area contributed by atoms with Crippen LogP contribution in [0.25, 0.3) is 0 Å². The van der Waals surface area contributed by atoms with E-state index in [-0.39, 0.29) is 5.91 Å². The maximum Gasteiger partial charge on any atom is 0.238 e. The minimum Gasteiger partial charge on any atom is -0.325 e. The third-order valence-electron chi connectivity index (χ3n) is 3.68. The van der Waals surface area contributed by atoms with Gasteiger partial charge in [-0.1, -0.05) is 19.9 Å². The van der Waals surface area contributed by atoms with Crippen LogP contribution in [0.5, 0.6) is 0 Å². The fourth-order valence-electron chi connectivity index (χ4n) is 2.31. The predicted octanol–water partition coefficient (Wildman–Crippen LogP) is 3.01. The molecule has 1 aliphatic carbocycles. The Morgan fingerprint density at radius 2 is 2.24 bits per heavy atom. The van der Waals surface area contributed by atoms with Gasteiger partial charge in [-0.15, -0.1) is 0 Å². The maximum absolute atomic E-state index is 12.2. The van der Waals surface area contributed by atoms with E-state index in [4.69, 9.17) is 5.26 Å². The first kappa shape index (κ1) is 15.5. The van der Waals surface area contributed by atoms with Gasteiger partial charge in [-0.25, -0.2) is 0 Å². The fraction of sp³-hybridized carbons (Fsp3) is 0.529. The van der Waals surface area contributed by atoms with Crippen LogP contribution in [-0.4, -0.2) is 29.9 Å². The first-order valence-corrected chi connectivity index (χ1v) is 7.62. The Balaban J connectivity index is 1.88. The Kier molecular flexibility index (Phi) is 5.35. The van der Waals surface area contributed by atoms with E-state index in [2.05, 4.69) is 30.1 Å². The van der Waals surface area contributed by atoms with Crippen molar-refractivity contribution < 1.29 is 4.79 Å². The Labute approximate surface area is 126 Å². The summed E-state index contributed by atoms with van der Waals surface area (Å²) in [5.74, 6) is 0.655.